The number of hydrogen-bond acceptors (Lipinski definition) is 5. The molecule has 1 N–H and O–H groups in total. The molecule has 2 aromatic rings. The van der Waals surface area contributed by atoms with Gasteiger partial charge in [-0.2, -0.15) is 0 Å². The third-order valence-corrected chi connectivity index (χ3v) is 7.45. The van der Waals surface area contributed by atoms with Crippen LogP contribution in [-0.4, -0.2) is 19.1 Å². The Labute approximate surface area is 238 Å². The van der Waals surface area contributed by atoms with Gasteiger partial charge in [0.25, 0.3) is 0 Å². The van der Waals surface area contributed by atoms with E-state index in [0.717, 1.165) is 54.2 Å². The number of nitrogens with zero attached hydrogens (tertiary/aromatic N) is 1. The second kappa shape index (κ2) is 11.9. The van der Waals surface area contributed by atoms with Crippen LogP contribution in [0, 0.1) is 13.8 Å². The largest absolute Gasteiger partial charge is 0.454 e. The normalized spacial score (nSPS) is 12.5. The average molecular weight is 681 g/mol. The van der Waals surface area contributed by atoms with Crippen molar-refractivity contribution < 1.29 is 13.9 Å². The van der Waals surface area contributed by atoms with Crippen LogP contribution in [0.3, 0.4) is 0 Å². The highest BCUT2D eigenvalue weighted by Gasteiger charge is 2.28. The molecule has 0 aromatic heterocycles. The molecule has 2 aromatic carbocycles. The van der Waals surface area contributed by atoms with Crippen molar-refractivity contribution in [2.24, 2.45) is 4.99 Å². The van der Waals surface area contributed by atoms with Gasteiger partial charge in [-0.05, 0) is 102 Å². The number of carbonyl (C=O) groups excluding carboxylic acids is 1. The lowest BCUT2D eigenvalue weighted by Crippen LogP contribution is -2.15. The first kappa shape index (κ1) is 28.4. The molecule has 1 unspecified atom stereocenters. The van der Waals surface area contributed by atoms with Crippen molar-refractivity contribution in [2.45, 2.75) is 40.7 Å². The van der Waals surface area contributed by atoms with E-state index < -0.39 is 6.10 Å². The van der Waals surface area contributed by atoms with E-state index in [2.05, 4.69) is 68.1 Å². The van der Waals surface area contributed by atoms with Gasteiger partial charge >= 0.3 is 5.97 Å². The van der Waals surface area contributed by atoms with Crippen molar-refractivity contribution >= 4 is 71.5 Å². The molecule has 0 fully saturated rings. The van der Waals surface area contributed by atoms with E-state index in [0.29, 0.717) is 23.5 Å². The predicted molar refractivity (Wildman–Crippen MR) is 159 cm³/mol. The molecule has 1 heterocycles. The lowest BCUT2D eigenvalue weighted by atomic mass is 9.93. The van der Waals surface area contributed by atoms with Gasteiger partial charge in [-0.25, -0.2) is 4.79 Å². The van der Waals surface area contributed by atoms with Crippen LogP contribution in [0.5, 0.6) is 0 Å². The summed E-state index contributed by atoms with van der Waals surface area (Å²) >= 11 is 7.53. The molecule has 0 saturated heterocycles. The quantitative estimate of drug-likeness (QED) is 0.164. The molecule has 190 valence electrons. The molecule has 5 nitrogen and oxygen atoms in total. The summed E-state index contributed by atoms with van der Waals surface area (Å²) in [5.41, 5.74) is 6.04. The summed E-state index contributed by atoms with van der Waals surface area (Å²) in [5.74, 6) is 0.300. The van der Waals surface area contributed by atoms with Crippen LogP contribution in [0.2, 0.25) is 0 Å². The molecule has 0 amide bonds. The van der Waals surface area contributed by atoms with E-state index in [4.69, 9.17) is 9.15 Å². The van der Waals surface area contributed by atoms with Gasteiger partial charge in [-0.15, -0.1) is 17.0 Å². The second-order valence-electron chi connectivity index (χ2n) is 8.43. The van der Waals surface area contributed by atoms with Gasteiger partial charge in [0.1, 0.15) is 6.10 Å². The van der Waals surface area contributed by atoms with Gasteiger partial charge in [0.15, 0.2) is 11.3 Å². The van der Waals surface area contributed by atoms with E-state index in [9.17, 15) is 4.79 Å². The minimum atomic E-state index is -0.527. The minimum absolute atomic E-state index is 0. The second-order valence-corrected chi connectivity index (χ2v) is 10.0. The summed E-state index contributed by atoms with van der Waals surface area (Å²) in [5, 5.41) is 5.17. The molecular formula is C28H29Br3N2O3. The number of rotatable bonds is 6. The number of benzene rings is 3. The Hall–Kier alpha value is -2.16. The number of carbonyl (C=O) groups is 1. The average Bonchev–Trinajstić information content (AvgIpc) is 2.84. The fourth-order valence-corrected chi connectivity index (χ4v) is 5.88. The van der Waals surface area contributed by atoms with Gasteiger partial charge in [-0.1, -0.05) is 18.2 Å². The van der Waals surface area contributed by atoms with Crippen molar-refractivity contribution in [3.05, 3.63) is 79.0 Å². The highest BCUT2D eigenvalue weighted by atomic mass is 79.9. The van der Waals surface area contributed by atoms with Crippen LogP contribution in [-0.2, 0) is 4.74 Å². The third kappa shape index (κ3) is 5.27. The Kier molecular flexibility index (Phi) is 9.41. The highest BCUT2D eigenvalue weighted by Crippen LogP contribution is 2.45. The van der Waals surface area contributed by atoms with Crippen LogP contribution in [0.25, 0.3) is 22.3 Å². The zero-order valence-electron chi connectivity index (χ0n) is 20.9. The lowest BCUT2D eigenvalue weighted by molar-refractivity contribution is 0.0341. The number of halogens is 3. The Morgan fingerprint density at radius 3 is 2.42 bits per heavy atom. The fourth-order valence-electron chi connectivity index (χ4n) is 4.40. The van der Waals surface area contributed by atoms with E-state index in [1.54, 1.807) is 12.1 Å². The molecule has 1 aliphatic heterocycles. The van der Waals surface area contributed by atoms with E-state index in [-0.39, 0.29) is 23.0 Å². The van der Waals surface area contributed by atoms with Crippen molar-refractivity contribution in [3.63, 3.8) is 0 Å². The molecule has 0 saturated carbocycles. The first-order chi connectivity index (χ1) is 16.8. The van der Waals surface area contributed by atoms with Crippen molar-refractivity contribution in [1.29, 1.82) is 0 Å². The minimum Gasteiger partial charge on any atom is -0.454 e. The number of aryl methyl sites for hydroxylation is 2. The summed E-state index contributed by atoms with van der Waals surface area (Å²) in [4.78, 5) is 17.6. The molecule has 4 rings (SSSR count). The molecule has 36 heavy (non-hydrogen) atoms. The van der Waals surface area contributed by atoms with Gasteiger partial charge in [0.05, 0.1) is 25.6 Å². The smallest absolute Gasteiger partial charge is 0.338 e. The number of ether oxygens (including phenoxy) is 1. The highest BCUT2D eigenvalue weighted by molar-refractivity contribution is 9.11. The Morgan fingerprint density at radius 2 is 1.78 bits per heavy atom. The topological polar surface area (TPSA) is 63.8 Å². The Bertz CT molecular complexity index is 1450. The summed E-state index contributed by atoms with van der Waals surface area (Å²) in [7, 11) is 0. The summed E-state index contributed by atoms with van der Waals surface area (Å²) < 4.78 is 14.2. The standard InChI is InChI=1S/C28H28Br2N2O3.BrH/c1-6-31-24-15(3)13-19-21(17(5)34-28(33)18-11-9-8-10-12-18)20-14-16(4)25(32-7-2)23(30)27(20)35-26(19)22(24)29;/h8-14,17,31H,6-7H2,1-5H3;1H. The van der Waals surface area contributed by atoms with Gasteiger partial charge < -0.3 is 14.5 Å². The maximum absolute atomic E-state index is 13.0. The summed E-state index contributed by atoms with van der Waals surface area (Å²) in [6.45, 7) is 11.5. The Morgan fingerprint density at radius 1 is 1.08 bits per heavy atom. The molecule has 8 heteroatoms. The van der Waals surface area contributed by atoms with Crippen LogP contribution >= 0.6 is 48.8 Å². The first-order valence-corrected chi connectivity index (χ1v) is 13.3. The molecule has 1 atom stereocenters. The molecule has 0 bridgehead atoms. The maximum atomic E-state index is 13.0. The van der Waals surface area contributed by atoms with Gasteiger partial charge in [0, 0.05) is 29.6 Å². The van der Waals surface area contributed by atoms with Gasteiger partial charge in [0.2, 0.25) is 0 Å². The number of hydrogen-bond donors (Lipinski definition) is 1. The van der Waals surface area contributed by atoms with Gasteiger partial charge in [-0.3, -0.25) is 4.99 Å². The van der Waals surface area contributed by atoms with Crippen LogP contribution in [0.4, 0.5) is 5.69 Å². The number of fused-ring (bicyclic) bond motifs is 2. The monoisotopic (exact) mass is 678 g/mol. The third-order valence-electron chi connectivity index (χ3n) is 5.96. The predicted octanol–water partition coefficient (Wildman–Crippen LogP) is 8.53. The molecule has 0 spiro atoms. The van der Waals surface area contributed by atoms with Crippen LogP contribution in [0.1, 0.15) is 53.9 Å². The van der Waals surface area contributed by atoms with E-state index in [1.165, 1.54) is 0 Å². The van der Waals surface area contributed by atoms with Crippen LogP contribution in [0.15, 0.2) is 60.8 Å². The lowest BCUT2D eigenvalue weighted by Gasteiger charge is -2.24. The number of anilines is 1. The molecule has 1 aliphatic carbocycles. The number of nitrogens with one attached hydrogen (secondary N) is 1. The molecule has 2 aliphatic rings. The van der Waals surface area contributed by atoms with Crippen LogP contribution < -0.4 is 10.7 Å². The zero-order valence-corrected chi connectivity index (χ0v) is 25.8. The fraction of sp³-hybridized carbons (Fsp3) is 0.286. The SMILES string of the molecule is Br.CCN=c1c(C)cc2c(C(C)OC(=O)c3ccccc3)c3cc(C)c(NCC)c(Br)c3oc-2c1Br. The first-order valence-electron chi connectivity index (χ1n) is 11.7. The summed E-state index contributed by atoms with van der Waals surface area (Å²) in [6.07, 6.45) is -0.527. The van der Waals surface area contributed by atoms with E-state index in [1.807, 2.05) is 39.0 Å². The number of esters is 1. The molecule has 0 radical (unpaired) electrons. The Balaban J connectivity index is 0.00000361. The van der Waals surface area contributed by atoms with Crippen molar-refractivity contribution in [1.82, 2.24) is 0 Å². The zero-order chi connectivity index (χ0) is 25.3. The molecular weight excluding hydrogens is 652 g/mol. The summed E-state index contributed by atoms with van der Waals surface area (Å²) in [6, 6.07) is 13.2. The van der Waals surface area contributed by atoms with Crippen molar-refractivity contribution in [3.8, 4) is 11.3 Å². The van der Waals surface area contributed by atoms with Crippen molar-refractivity contribution in [2.75, 3.05) is 18.4 Å². The maximum Gasteiger partial charge on any atom is 0.338 e. The van der Waals surface area contributed by atoms with E-state index >= 15 is 0 Å².